The molecule has 170 valence electrons. The molecule has 9 heteroatoms. The number of benzene rings is 1. The molecule has 2 N–H and O–H groups in total. The highest BCUT2D eigenvalue weighted by molar-refractivity contribution is 5.98. The number of nitrogens with zero attached hydrogens (tertiary/aromatic N) is 1. The molecule has 2 heterocycles. The van der Waals surface area contributed by atoms with Crippen LogP contribution >= 0.6 is 0 Å². The van der Waals surface area contributed by atoms with Crippen LogP contribution in [0.5, 0.6) is 0 Å². The quantitative estimate of drug-likeness (QED) is 0.704. The number of amides is 3. The van der Waals surface area contributed by atoms with Gasteiger partial charge in [-0.15, -0.1) is 0 Å². The Bertz CT molecular complexity index is 853. The van der Waals surface area contributed by atoms with E-state index in [1.807, 2.05) is 0 Å². The number of carbonyl (C=O) groups excluding carboxylic acids is 3. The van der Waals surface area contributed by atoms with Crippen LogP contribution in [-0.2, 0) is 14.3 Å². The number of nitrogens with one attached hydrogen (secondary N) is 2. The van der Waals surface area contributed by atoms with Gasteiger partial charge in [0.25, 0.3) is 5.92 Å². The lowest BCUT2D eigenvalue weighted by Crippen LogP contribution is -2.50. The van der Waals surface area contributed by atoms with E-state index in [1.165, 1.54) is 0 Å². The SMILES string of the molecule is CC(C)(C)OC(=O)N1CC[C@H](c2cccc(NC[C@@H]3CCC(=O)NC3=O)c2)C(F)(F)C1. The van der Waals surface area contributed by atoms with Crippen LogP contribution in [0.4, 0.5) is 19.3 Å². The molecular weight excluding hydrogens is 408 g/mol. The molecular formula is C22H29F2N3O4. The topological polar surface area (TPSA) is 87.7 Å². The third-order valence-electron chi connectivity index (χ3n) is 5.45. The van der Waals surface area contributed by atoms with Gasteiger partial charge in [-0.3, -0.25) is 14.9 Å². The van der Waals surface area contributed by atoms with E-state index in [9.17, 15) is 23.2 Å². The first-order valence-electron chi connectivity index (χ1n) is 10.5. The van der Waals surface area contributed by atoms with Gasteiger partial charge < -0.3 is 15.0 Å². The summed E-state index contributed by atoms with van der Waals surface area (Å²) < 4.78 is 35.1. The van der Waals surface area contributed by atoms with E-state index in [-0.39, 0.29) is 30.7 Å². The predicted octanol–water partition coefficient (Wildman–Crippen LogP) is 3.51. The van der Waals surface area contributed by atoms with Crippen molar-refractivity contribution >= 4 is 23.6 Å². The Kier molecular flexibility index (Phi) is 6.52. The summed E-state index contributed by atoms with van der Waals surface area (Å²) in [6.45, 7) is 4.90. The molecule has 3 rings (SSSR count). The van der Waals surface area contributed by atoms with Gasteiger partial charge in [0.15, 0.2) is 0 Å². The molecule has 7 nitrogen and oxygen atoms in total. The Hall–Kier alpha value is -2.71. The molecule has 1 aromatic carbocycles. The Labute approximate surface area is 180 Å². The second kappa shape index (κ2) is 8.80. The standard InChI is InChI=1S/C22H29F2N3O4/c1-21(2,3)31-20(30)27-10-9-17(22(23,24)13-27)14-5-4-6-16(11-14)25-12-15-7-8-18(28)26-19(15)29/h4-6,11,15,17,25H,7-10,12-13H2,1-3H3,(H,26,28,29)/t15-,17+/m0/s1. The molecule has 0 saturated carbocycles. The zero-order chi connectivity index (χ0) is 22.8. The first-order valence-corrected chi connectivity index (χ1v) is 10.5. The molecule has 0 aromatic heterocycles. The minimum atomic E-state index is -3.10. The van der Waals surface area contributed by atoms with Gasteiger partial charge in [-0.25, -0.2) is 13.6 Å². The molecule has 0 unspecified atom stereocenters. The van der Waals surface area contributed by atoms with Crippen molar-refractivity contribution in [2.24, 2.45) is 5.92 Å². The maximum Gasteiger partial charge on any atom is 0.410 e. The molecule has 31 heavy (non-hydrogen) atoms. The minimum Gasteiger partial charge on any atom is -0.444 e. The summed E-state index contributed by atoms with van der Waals surface area (Å²) in [6.07, 6.45) is 0.132. The lowest BCUT2D eigenvalue weighted by atomic mass is 9.86. The van der Waals surface area contributed by atoms with E-state index < -0.39 is 30.1 Å². The number of carbonyl (C=O) groups is 3. The van der Waals surface area contributed by atoms with Crippen LogP contribution in [0.2, 0.25) is 0 Å². The van der Waals surface area contributed by atoms with Gasteiger partial charge in [0, 0.05) is 25.2 Å². The number of rotatable bonds is 4. The molecule has 3 amide bonds. The van der Waals surface area contributed by atoms with Crippen molar-refractivity contribution in [2.75, 3.05) is 25.0 Å². The number of piperidine rings is 2. The van der Waals surface area contributed by atoms with Crippen LogP contribution in [-0.4, -0.2) is 54.0 Å². The molecule has 0 radical (unpaired) electrons. The van der Waals surface area contributed by atoms with Crippen LogP contribution in [0.1, 0.15) is 51.5 Å². The maximum absolute atomic E-state index is 14.9. The van der Waals surface area contributed by atoms with Crippen LogP contribution in [0.15, 0.2) is 24.3 Å². The summed E-state index contributed by atoms with van der Waals surface area (Å²) in [5.74, 6) is -5.07. The molecule has 0 aliphatic carbocycles. The molecule has 0 spiro atoms. The fourth-order valence-corrected chi connectivity index (χ4v) is 3.87. The number of hydrogen-bond acceptors (Lipinski definition) is 5. The second-order valence-corrected chi connectivity index (χ2v) is 9.16. The smallest absolute Gasteiger partial charge is 0.410 e. The number of hydrogen-bond donors (Lipinski definition) is 2. The highest BCUT2D eigenvalue weighted by Crippen LogP contribution is 2.41. The van der Waals surface area contributed by atoms with E-state index in [0.717, 1.165) is 4.90 Å². The summed E-state index contributed by atoms with van der Waals surface area (Å²) in [4.78, 5) is 36.4. The van der Waals surface area contributed by atoms with Gasteiger partial charge in [-0.2, -0.15) is 0 Å². The largest absolute Gasteiger partial charge is 0.444 e. The van der Waals surface area contributed by atoms with Crippen molar-refractivity contribution in [3.05, 3.63) is 29.8 Å². The average molecular weight is 437 g/mol. The third kappa shape index (κ3) is 5.92. The summed E-state index contributed by atoms with van der Waals surface area (Å²) >= 11 is 0. The van der Waals surface area contributed by atoms with Crippen LogP contribution in [0.25, 0.3) is 0 Å². The normalized spacial score (nSPS) is 23.8. The average Bonchev–Trinajstić information content (AvgIpc) is 2.65. The summed E-state index contributed by atoms with van der Waals surface area (Å²) in [7, 11) is 0. The van der Waals surface area contributed by atoms with E-state index in [4.69, 9.17) is 4.74 Å². The molecule has 2 atom stereocenters. The van der Waals surface area contributed by atoms with E-state index in [1.54, 1.807) is 45.0 Å². The van der Waals surface area contributed by atoms with Crippen molar-refractivity contribution < 1.29 is 27.9 Å². The first kappa shape index (κ1) is 23.0. The van der Waals surface area contributed by atoms with Crippen LogP contribution in [0, 0.1) is 5.92 Å². The number of alkyl halides is 2. The summed E-state index contributed by atoms with van der Waals surface area (Å²) in [5.41, 5.74) is 0.362. The molecule has 2 aliphatic rings. The van der Waals surface area contributed by atoms with Gasteiger partial charge in [-0.1, -0.05) is 12.1 Å². The molecule has 2 aliphatic heterocycles. The van der Waals surface area contributed by atoms with E-state index in [0.29, 0.717) is 30.6 Å². The fraction of sp³-hybridized carbons (Fsp3) is 0.591. The molecule has 1 aromatic rings. The predicted molar refractivity (Wildman–Crippen MR) is 111 cm³/mol. The van der Waals surface area contributed by atoms with Crippen LogP contribution < -0.4 is 10.6 Å². The number of anilines is 1. The first-order chi connectivity index (χ1) is 14.4. The van der Waals surface area contributed by atoms with Crippen molar-refractivity contribution in [3.8, 4) is 0 Å². The van der Waals surface area contributed by atoms with Gasteiger partial charge in [-0.05, 0) is 51.3 Å². The maximum atomic E-state index is 14.9. The van der Waals surface area contributed by atoms with Gasteiger partial charge in [0.2, 0.25) is 11.8 Å². The zero-order valence-electron chi connectivity index (χ0n) is 18.0. The van der Waals surface area contributed by atoms with Crippen molar-refractivity contribution in [2.45, 2.75) is 57.5 Å². The van der Waals surface area contributed by atoms with Crippen LogP contribution in [0.3, 0.4) is 0 Å². The second-order valence-electron chi connectivity index (χ2n) is 9.16. The Morgan fingerprint density at radius 2 is 2.03 bits per heavy atom. The lowest BCUT2D eigenvalue weighted by molar-refractivity contribution is -0.135. The molecule has 2 saturated heterocycles. The number of likely N-dealkylation sites (tertiary alicyclic amines) is 1. The van der Waals surface area contributed by atoms with Crippen molar-refractivity contribution in [3.63, 3.8) is 0 Å². The Morgan fingerprint density at radius 1 is 1.29 bits per heavy atom. The Morgan fingerprint density at radius 3 is 2.68 bits per heavy atom. The lowest BCUT2D eigenvalue weighted by Gasteiger charge is -2.39. The minimum absolute atomic E-state index is 0.114. The molecule has 2 fully saturated rings. The highest BCUT2D eigenvalue weighted by atomic mass is 19.3. The zero-order valence-corrected chi connectivity index (χ0v) is 18.0. The van der Waals surface area contributed by atoms with E-state index in [2.05, 4.69) is 10.6 Å². The van der Waals surface area contributed by atoms with Gasteiger partial charge >= 0.3 is 6.09 Å². The number of imide groups is 1. The van der Waals surface area contributed by atoms with E-state index >= 15 is 0 Å². The highest BCUT2D eigenvalue weighted by Gasteiger charge is 2.47. The molecule has 0 bridgehead atoms. The monoisotopic (exact) mass is 437 g/mol. The third-order valence-corrected chi connectivity index (χ3v) is 5.45. The summed E-state index contributed by atoms with van der Waals surface area (Å²) in [5, 5.41) is 5.42. The Balaban J connectivity index is 1.63. The van der Waals surface area contributed by atoms with Crippen molar-refractivity contribution in [1.82, 2.24) is 10.2 Å². The number of halogens is 2. The fourth-order valence-electron chi connectivity index (χ4n) is 3.87. The van der Waals surface area contributed by atoms with Gasteiger partial charge in [0.05, 0.1) is 18.4 Å². The van der Waals surface area contributed by atoms with Crippen molar-refractivity contribution in [1.29, 1.82) is 0 Å². The van der Waals surface area contributed by atoms with Gasteiger partial charge in [0.1, 0.15) is 5.60 Å². The summed E-state index contributed by atoms with van der Waals surface area (Å²) in [6, 6.07) is 6.76. The number of ether oxygens (including phenoxy) is 1.